The van der Waals surface area contributed by atoms with E-state index in [1.165, 1.54) is 12.5 Å². The van der Waals surface area contributed by atoms with Crippen molar-refractivity contribution in [1.82, 2.24) is 0 Å². The van der Waals surface area contributed by atoms with Gasteiger partial charge in [0.05, 0.1) is 6.61 Å². The van der Waals surface area contributed by atoms with Crippen molar-refractivity contribution in [2.75, 3.05) is 0 Å². The highest BCUT2D eigenvalue weighted by Crippen LogP contribution is 2.35. The molecule has 0 bridgehead atoms. The average Bonchev–Trinajstić information content (AvgIpc) is 2.30. The van der Waals surface area contributed by atoms with Gasteiger partial charge in [0, 0.05) is 11.1 Å². The molecule has 0 heterocycles. The van der Waals surface area contributed by atoms with E-state index in [2.05, 4.69) is 0 Å². The summed E-state index contributed by atoms with van der Waals surface area (Å²) in [6.07, 6.45) is 5.38. The number of nitrogens with two attached hydrogens (primary N) is 1. The zero-order chi connectivity index (χ0) is 11.6. The Labute approximate surface area is 95.3 Å². The van der Waals surface area contributed by atoms with Gasteiger partial charge >= 0.3 is 0 Å². The maximum atomic E-state index is 13.3. The molecule has 0 unspecified atom stereocenters. The first-order valence-electron chi connectivity index (χ1n) is 5.84. The van der Waals surface area contributed by atoms with Crippen LogP contribution in [-0.2, 0) is 12.1 Å². The van der Waals surface area contributed by atoms with Gasteiger partial charge in [0.15, 0.2) is 0 Å². The van der Waals surface area contributed by atoms with Gasteiger partial charge in [-0.3, -0.25) is 0 Å². The average molecular weight is 223 g/mol. The van der Waals surface area contributed by atoms with Crippen molar-refractivity contribution >= 4 is 0 Å². The molecule has 1 saturated carbocycles. The van der Waals surface area contributed by atoms with E-state index in [4.69, 9.17) is 10.8 Å². The molecule has 0 atom stereocenters. The molecule has 1 aromatic carbocycles. The molecule has 1 aromatic rings. The predicted octanol–water partition coefficient (Wildman–Crippen LogP) is 2.44. The monoisotopic (exact) mass is 223 g/mol. The number of aliphatic hydroxyl groups excluding tert-OH is 1. The van der Waals surface area contributed by atoms with E-state index in [1.807, 2.05) is 0 Å². The van der Waals surface area contributed by atoms with E-state index in [-0.39, 0.29) is 18.0 Å². The van der Waals surface area contributed by atoms with Crippen LogP contribution in [0.2, 0.25) is 0 Å². The first kappa shape index (κ1) is 11.6. The summed E-state index contributed by atoms with van der Waals surface area (Å²) in [4.78, 5) is 0. The van der Waals surface area contributed by atoms with Gasteiger partial charge < -0.3 is 10.8 Å². The van der Waals surface area contributed by atoms with Crippen molar-refractivity contribution in [3.05, 3.63) is 35.1 Å². The van der Waals surface area contributed by atoms with Crippen LogP contribution >= 0.6 is 0 Å². The molecule has 0 aliphatic heterocycles. The van der Waals surface area contributed by atoms with Gasteiger partial charge in [0.2, 0.25) is 0 Å². The van der Waals surface area contributed by atoms with Crippen LogP contribution in [0.1, 0.15) is 43.2 Å². The number of hydrogen-bond donors (Lipinski definition) is 2. The highest BCUT2D eigenvalue weighted by molar-refractivity contribution is 5.30. The lowest BCUT2D eigenvalue weighted by atomic mass is 9.77. The number of rotatable bonds is 2. The molecule has 0 radical (unpaired) electrons. The molecule has 88 valence electrons. The summed E-state index contributed by atoms with van der Waals surface area (Å²) in [5.74, 6) is -0.356. The summed E-state index contributed by atoms with van der Waals surface area (Å²) in [6, 6.07) is 4.87. The van der Waals surface area contributed by atoms with Crippen LogP contribution in [0, 0.1) is 5.82 Å². The SMILES string of the molecule is NC1(c2ccc(F)c(CO)c2)CCCCC1. The Morgan fingerprint density at radius 1 is 1.25 bits per heavy atom. The molecule has 0 amide bonds. The lowest BCUT2D eigenvalue weighted by Crippen LogP contribution is -2.38. The fourth-order valence-corrected chi connectivity index (χ4v) is 2.48. The molecular weight excluding hydrogens is 205 g/mol. The minimum absolute atomic E-state index is 0.268. The Bertz CT molecular complexity index is 372. The zero-order valence-electron chi connectivity index (χ0n) is 9.38. The van der Waals surface area contributed by atoms with E-state index in [0.29, 0.717) is 5.56 Å². The van der Waals surface area contributed by atoms with E-state index in [0.717, 1.165) is 31.2 Å². The maximum Gasteiger partial charge on any atom is 0.128 e. The molecule has 0 saturated heterocycles. The normalized spacial score (nSPS) is 19.7. The van der Waals surface area contributed by atoms with Crippen LogP contribution in [0.15, 0.2) is 18.2 Å². The third-order valence-corrected chi connectivity index (χ3v) is 3.54. The molecule has 2 nitrogen and oxygen atoms in total. The van der Waals surface area contributed by atoms with Crippen molar-refractivity contribution in [2.45, 2.75) is 44.2 Å². The Morgan fingerprint density at radius 3 is 2.56 bits per heavy atom. The van der Waals surface area contributed by atoms with E-state index >= 15 is 0 Å². The molecule has 1 aliphatic carbocycles. The lowest BCUT2D eigenvalue weighted by molar-refractivity contribution is 0.273. The van der Waals surface area contributed by atoms with E-state index in [1.54, 1.807) is 12.1 Å². The van der Waals surface area contributed by atoms with Crippen LogP contribution in [0.5, 0.6) is 0 Å². The quantitative estimate of drug-likeness (QED) is 0.809. The predicted molar refractivity (Wildman–Crippen MR) is 61.3 cm³/mol. The zero-order valence-corrected chi connectivity index (χ0v) is 9.38. The van der Waals surface area contributed by atoms with E-state index < -0.39 is 0 Å². The van der Waals surface area contributed by atoms with Gasteiger partial charge in [-0.25, -0.2) is 4.39 Å². The summed E-state index contributed by atoms with van der Waals surface area (Å²) in [5.41, 5.74) is 7.32. The number of halogens is 1. The molecule has 2 rings (SSSR count). The summed E-state index contributed by atoms with van der Waals surface area (Å²) < 4.78 is 13.3. The topological polar surface area (TPSA) is 46.2 Å². The van der Waals surface area contributed by atoms with Crippen LogP contribution < -0.4 is 5.73 Å². The molecule has 0 spiro atoms. The maximum absolute atomic E-state index is 13.3. The van der Waals surface area contributed by atoms with Gasteiger partial charge in [-0.05, 0) is 30.5 Å². The number of hydrogen-bond acceptors (Lipinski definition) is 2. The van der Waals surface area contributed by atoms with Crippen LogP contribution in [0.3, 0.4) is 0 Å². The minimum atomic E-state index is -0.356. The number of benzene rings is 1. The van der Waals surface area contributed by atoms with Gasteiger partial charge in [-0.15, -0.1) is 0 Å². The highest BCUT2D eigenvalue weighted by atomic mass is 19.1. The summed E-state index contributed by atoms with van der Waals surface area (Å²) in [6.45, 7) is -0.268. The van der Waals surface area contributed by atoms with Crippen LogP contribution in [-0.4, -0.2) is 5.11 Å². The highest BCUT2D eigenvalue weighted by Gasteiger charge is 2.29. The Morgan fingerprint density at radius 2 is 1.94 bits per heavy atom. The molecule has 3 N–H and O–H groups in total. The van der Waals surface area contributed by atoms with Gasteiger partial charge in [0.25, 0.3) is 0 Å². The Hall–Kier alpha value is -0.930. The molecule has 3 heteroatoms. The van der Waals surface area contributed by atoms with Crippen molar-refractivity contribution in [1.29, 1.82) is 0 Å². The number of aliphatic hydroxyl groups is 1. The summed E-state index contributed by atoms with van der Waals surface area (Å²) >= 11 is 0. The minimum Gasteiger partial charge on any atom is -0.392 e. The molecular formula is C13H18FNO. The summed E-state index contributed by atoms with van der Waals surface area (Å²) in [7, 11) is 0. The molecule has 1 fully saturated rings. The Balaban J connectivity index is 2.32. The first-order valence-corrected chi connectivity index (χ1v) is 5.84. The third-order valence-electron chi connectivity index (χ3n) is 3.54. The second kappa shape index (κ2) is 4.52. The van der Waals surface area contributed by atoms with Crippen LogP contribution in [0.4, 0.5) is 4.39 Å². The second-order valence-electron chi connectivity index (χ2n) is 4.68. The smallest absolute Gasteiger partial charge is 0.128 e. The largest absolute Gasteiger partial charge is 0.392 e. The van der Waals surface area contributed by atoms with Crippen molar-refractivity contribution in [3.8, 4) is 0 Å². The van der Waals surface area contributed by atoms with Gasteiger partial charge in [-0.2, -0.15) is 0 Å². The fourth-order valence-electron chi connectivity index (χ4n) is 2.48. The van der Waals surface area contributed by atoms with Gasteiger partial charge in [-0.1, -0.05) is 25.3 Å². The van der Waals surface area contributed by atoms with Crippen molar-refractivity contribution < 1.29 is 9.50 Å². The van der Waals surface area contributed by atoms with Gasteiger partial charge in [0.1, 0.15) is 5.82 Å². The standard InChI is InChI=1S/C13H18FNO/c14-12-5-4-11(8-10(12)9-16)13(15)6-2-1-3-7-13/h4-5,8,16H,1-3,6-7,9,15H2. The third kappa shape index (κ3) is 2.11. The second-order valence-corrected chi connectivity index (χ2v) is 4.68. The molecule has 0 aromatic heterocycles. The van der Waals surface area contributed by atoms with E-state index in [9.17, 15) is 4.39 Å². The fraction of sp³-hybridized carbons (Fsp3) is 0.538. The molecule has 1 aliphatic rings. The Kier molecular flexibility index (Phi) is 3.26. The van der Waals surface area contributed by atoms with Crippen LogP contribution in [0.25, 0.3) is 0 Å². The molecule has 16 heavy (non-hydrogen) atoms. The van der Waals surface area contributed by atoms with Crippen molar-refractivity contribution in [2.24, 2.45) is 5.73 Å². The lowest BCUT2D eigenvalue weighted by Gasteiger charge is -2.34. The summed E-state index contributed by atoms with van der Waals surface area (Å²) in [5, 5.41) is 9.04. The van der Waals surface area contributed by atoms with Crippen molar-refractivity contribution in [3.63, 3.8) is 0 Å². The first-order chi connectivity index (χ1) is 7.65.